The predicted octanol–water partition coefficient (Wildman–Crippen LogP) is 2.58. The third-order valence-corrected chi connectivity index (χ3v) is 3.73. The van der Waals surface area contributed by atoms with Gasteiger partial charge in [0.25, 0.3) is 17.5 Å². The van der Waals surface area contributed by atoms with Crippen molar-refractivity contribution < 1.29 is 0 Å². The molecule has 0 aliphatic rings. The molecule has 0 aliphatic heterocycles. The van der Waals surface area contributed by atoms with Gasteiger partial charge in [-0.05, 0) is 0 Å². The number of nitrogens with zero attached hydrogens (tertiary/aromatic N) is 12. The molecule has 0 saturated heterocycles. The number of rotatable bonds is 0. The van der Waals surface area contributed by atoms with Crippen molar-refractivity contribution >= 4 is 40.6 Å². The molecule has 0 aliphatic carbocycles. The summed E-state index contributed by atoms with van der Waals surface area (Å²) in [6, 6.07) is 3.64. The quantitative estimate of drug-likeness (QED) is 0.453. The highest BCUT2D eigenvalue weighted by molar-refractivity contribution is 5.77. The van der Waals surface area contributed by atoms with Crippen LogP contribution in [0, 0.1) is 49.0 Å². The van der Waals surface area contributed by atoms with Gasteiger partial charge in [0, 0.05) is 0 Å². The van der Waals surface area contributed by atoms with Crippen molar-refractivity contribution in [1.29, 1.82) is 10.5 Å². The molecule has 12 heteroatoms. The summed E-state index contributed by atoms with van der Waals surface area (Å²) >= 11 is 0. The highest BCUT2D eigenvalue weighted by atomic mass is 15.4. The zero-order chi connectivity index (χ0) is 19.3. The molecule has 4 aromatic rings. The van der Waals surface area contributed by atoms with E-state index in [4.69, 9.17) is 26.3 Å². The van der Waals surface area contributed by atoms with Crippen LogP contribution in [0.4, 0.5) is 23.3 Å². The maximum Gasteiger partial charge on any atom is 0.467 e. The minimum absolute atomic E-state index is 0.0412. The molecule has 4 heterocycles. The lowest BCUT2D eigenvalue weighted by Crippen LogP contribution is -2.04. The molecule has 0 atom stereocenters. The smallest absolute Gasteiger partial charge is 0.372 e. The van der Waals surface area contributed by atoms with Gasteiger partial charge in [0.1, 0.15) is 12.1 Å². The van der Waals surface area contributed by atoms with Crippen LogP contribution in [0.1, 0.15) is 11.4 Å². The maximum absolute atomic E-state index is 9.49. The van der Waals surface area contributed by atoms with Crippen LogP contribution in [-0.2, 0) is 0 Å². The molecule has 0 bridgehead atoms. The second-order valence-electron chi connectivity index (χ2n) is 4.90. The molecule has 27 heavy (non-hydrogen) atoms. The lowest BCUT2D eigenvalue weighted by atomic mass is 10.5. The Morgan fingerprint density at radius 2 is 1.22 bits per heavy atom. The van der Waals surface area contributed by atoms with E-state index in [-0.39, 0.29) is 52.0 Å². The van der Waals surface area contributed by atoms with Gasteiger partial charge in [-0.25, -0.2) is 0 Å². The number of aromatic nitrogens is 6. The third kappa shape index (κ3) is 1.60. The minimum Gasteiger partial charge on any atom is -0.372 e. The summed E-state index contributed by atoms with van der Waals surface area (Å²) in [5, 5.41) is 18.8. The monoisotopic (exact) mass is 348 g/mol. The molecule has 4 aromatic heterocycles. The molecule has 0 saturated carbocycles. The van der Waals surface area contributed by atoms with E-state index in [0.29, 0.717) is 0 Å². The van der Waals surface area contributed by atoms with Crippen LogP contribution in [-0.4, -0.2) is 28.2 Å². The van der Waals surface area contributed by atoms with Gasteiger partial charge in [0.15, 0.2) is 11.4 Å². The Kier molecular flexibility index (Phi) is 2.82. The fourth-order valence-electron chi connectivity index (χ4n) is 2.73. The van der Waals surface area contributed by atoms with Crippen molar-refractivity contribution in [3.8, 4) is 12.1 Å². The fraction of sp³-hybridized carbons (Fsp3) is 0. The average molecular weight is 348 g/mol. The van der Waals surface area contributed by atoms with Crippen molar-refractivity contribution in [3.63, 3.8) is 0 Å². The van der Waals surface area contributed by atoms with E-state index in [2.05, 4.69) is 34.3 Å². The third-order valence-electron chi connectivity index (χ3n) is 3.73. The second kappa shape index (κ2) is 5.03. The van der Waals surface area contributed by atoms with Crippen molar-refractivity contribution in [1.82, 2.24) is 28.2 Å². The molecule has 0 N–H and O–H groups in total. The van der Waals surface area contributed by atoms with Crippen LogP contribution in [0.15, 0.2) is 0 Å². The van der Waals surface area contributed by atoms with Gasteiger partial charge >= 0.3 is 23.2 Å². The lowest BCUT2D eigenvalue weighted by molar-refractivity contribution is 0.982. The Morgan fingerprint density at radius 3 is 1.78 bits per heavy atom. The van der Waals surface area contributed by atoms with Gasteiger partial charge in [-0.3, -0.25) is 0 Å². The van der Waals surface area contributed by atoms with E-state index < -0.39 is 0 Å². The standard InChI is InChI=1S/C15N12/c1-18-9-8(6-17)25-13-22-7(5-16)11(20-3)26(13)15-24-10(19-2)12(21-4)27(15)14(25)23-9. The molecule has 0 spiro atoms. The Labute approximate surface area is 149 Å². The van der Waals surface area contributed by atoms with Crippen molar-refractivity contribution in [2.75, 3.05) is 0 Å². The highest BCUT2D eigenvalue weighted by Gasteiger charge is 2.35. The van der Waals surface area contributed by atoms with E-state index in [9.17, 15) is 10.5 Å². The Hall–Kier alpha value is -5.43. The Bertz CT molecular complexity index is 1360. The van der Waals surface area contributed by atoms with E-state index in [0.717, 1.165) is 4.40 Å². The van der Waals surface area contributed by atoms with Crippen LogP contribution in [0.25, 0.3) is 36.7 Å². The van der Waals surface area contributed by atoms with Crippen molar-refractivity contribution in [2.45, 2.75) is 0 Å². The largest absolute Gasteiger partial charge is 0.467 e. The first-order valence-electron chi connectivity index (χ1n) is 6.84. The molecule has 120 valence electrons. The minimum atomic E-state index is -0.244. The Balaban J connectivity index is 2.53. The average Bonchev–Trinajstić information content (AvgIpc) is 3.36. The molecule has 12 nitrogen and oxygen atoms in total. The van der Waals surface area contributed by atoms with E-state index in [1.54, 1.807) is 6.07 Å². The van der Waals surface area contributed by atoms with Crippen LogP contribution < -0.4 is 0 Å². The molecule has 0 radical (unpaired) electrons. The van der Waals surface area contributed by atoms with Crippen LogP contribution in [0.2, 0.25) is 0 Å². The first-order chi connectivity index (χ1) is 13.1. The van der Waals surface area contributed by atoms with Crippen molar-refractivity contribution in [3.05, 3.63) is 57.1 Å². The maximum atomic E-state index is 9.49. The number of hydrogen-bond donors (Lipinski definition) is 0. The predicted molar refractivity (Wildman–Crippen MR) is 87.2 cm³/mol. The van der Waals surface area contributed by atoms with E-state index in [1.165, 1.54) is 8.80 Å². The highest BCUT2D eigenvalue weighted by Crippen LogP contribution is 2.35. The van der Waals surface area contributed by atoms with Crippen LogP contribution in [0.3, 0.4) is 0 Å². The van der Waals surface area contributed by atoms with Crippen LogP contribution in [0.5, 0.6) is 0 Å². The summed E-state index contributed by atoms with van der Waals surface area (Å²) in [7, 11) is 0. The molecule has 0 fully saturated rings. The number of fused-ring (bicyclic) bond motifs is 6. The van der Waals surface area contributed by atoms with Gasteiger partial charge < -0.3 is 19.4 Å². The van der Waals surface area contributed by atoms with E-state index >= 15 is 0 Å². The number of imidazole rings is 3. The second-order valence-corrected chi connectivity index (χ2v) is 4.90. The zero-order valence-electron chi connectivity index (χ0n) is 12.9. The molecule has 0 unspecified atom stereocenters. The first kappa shape index (κ1) is 15.1. The summed E-state index contributed by atoms with van der Waals surface area (Å²) < 4.78 is 3.50. The molecular weight excluding hydrogens is 348 g/mol. The molecular formula is C15N12. The van der Waals surface area contributed by atoms with E-state index in [1.807, 2.05) is 6.07 Å². The molecule has 0 aromatic carbocycles. The van der Waals surface area contributed by atoms with Crippen molar-refractivity contribution in [2.24, 2.45) is 0 Å². The zero-order valence-corrected chi connectivity index (χ0v) is 12.9. The van der Waals surface area contributed by atoms with Gasteiger partial charge in [0.05, 0.1) is 0 Å². The normalized spacial score (nSPS) is 10.0. The van der Waals surface area contributed by atoms with Crippen LogP contribution >= 0.6 is 0 Å². The van der Waals surface area contributed by atoms with Gasteiger partial charge in [0.2, 0.25) is 0 Å². The summed E-state index contributed by atoms with van der Waals surface area (Å²) in [6.45, 7) is 29.2. The van der Waals surface area contributed by atoms with Gasteiger partial charge in [-0.15, -0.1) is 8.80 Å². The molecule has 0 amide bonds. The van der Waals surface area contributed by atoms with Gasteiger partial charge in [-0.2, -0.15) is 19.9 Å². The fourth-order valence-corrected chi connectivity index (χ4v) is 2.73. The SMILES string of the molecule is [C-]#[N+]c1nc2n(c1C#N)c1nc(C#N)c([N+]#[C-])n1c1nc([N+]#[C-])c([N+]#[C-])n21. The first-order valence-corrected chi connectivity index (χ1v) is 6.84. The number of hydrogen-bond acceptors (Lipinski definition) is 5. The summed E-state index contributed by atoms with van der Waals surface area (Å²) in [5.74, 6) is -1.00. The topological polar surface area (TPSA) is 117 Å². The summed E-state index contributed by atoms with van der Waals surface area (Å²) in [5.41, 5.74) is -0.398. The lowest BCUT2D eigenvalue weighted by Gasteiger charge is -1.96. The number of nitriles is 2. The summed E-state index contributed by atoms with van der Waals surface area (Å²) in [6.07, 6.45) is 0. The Morgan fingerprint density at radius 1 is 0.667 bits per heavy atom. The van der Waals surface area contributed by atoms with Gasteiger partial charge in [-0.1, -0.05) is 36.3 Å². The molecule has 4 rings (SSSR count). The summed E-state index contributed by atoms with van der Waals surface area (Å²) in [4.78, 5) is 25.3.